The van der Waals surface area contributed by atoms with Crippen LogP contribution in [0.5, 0.6) is 11.5 Å². The Morgan fingerprint density at radius 2 is 1.89 bits per heavy atom. The highest BCUT2D eigenvalue weighted by molar-refractivity contribution is 5.89. The molecular weight excluding hydrogens is 357 g/mol. The van der Waals surface area contributed by atoms with E-state index in [4.69, 9.17) is 4.74 Å². The molecule has 1 heterocycles. The molecule has 3 aromatic rings. The molecule has 0 bridgehead atoms. The number of rotatable bonds is 5. The zero-order valence-corrected chi connectivity index (χ0v) is 14.1. The van der Waals surface area contributed by atoms with E-state index >= 15 is 0 Å². The number of amides is 1. The quantitative estimate of drug-likeness (QED) is 0.652. The summed E-state index contributed by atoms with van der Waals surface area (Å²) in [5.74, 6) is 0.379. The van der Waals surface area contributed by atoms with Gasteiger partial charge in [-0.15, -0.1) is 0 Å². The van der Waals surface area contributed by atoms with Gasteiger partial charge in [-0.2, -0.15) is 13.2 Å². The molecule has 2 aromatic carbocycles. The van der Waals surface area contributed by atoms with E-state index in [1.807, 2.05) is 6.07 Å². The van der Waals surface area contributed by atoms with E-state index < -0.39 is 11.7 Å². The zero-order valence-electron chi connectivity index (χ0n) is 14.1. The molecule has 7 heteroatoms. The zero-order chi connectivity index (χ0) is 19.4. The maximum absolute atomic E-state index is 12.7. The first kappa shape index (κ1) is 18.4. The van der Waals surface area contributed by atoms with E-state index in [0.29, 0.717) is 11.3 Å². The number of fused-ring (bicyclic) bond motifs is 1. The van der Waals surface area contributed by atoms with Crippen molar-refractivity contribution in [2.24, 2.45) is 0 Å². The number of aromatic nitrogens is 1. The van der Waals surface area contributed by atoms with E-state index in [2.05, 4.69) is 16.9 Å². The second-order valence-electron chi connectivity index (χ2n) is 5.67. The molecule has 4 nitrogen and oxygen atoms in total. The van der Waals surface area contributed by atoms with Gasteiger partial charge in [0, 0.05) is 18.1 Å². The number of hydrogen-bond acceptors (Lipinski definition) is 3. The molecule has 0 saturated heterocycles. The summed E-state index contributed by atoms with van der Waals surface area (Å²) < 4.78 is 43.7. The van der Waals surface area contributed by atoms with Gasteiger partial charge in [-0.3, -0.25) is 9.78 Å². The van der Waals surface area contributed by atoms with Crippen LogP contribution in [0.25, 0.3) is 10.9 Å². The number of halogens is 3. The molecule has 138 valence electrons. The molecule has 0 aliphatic heterocycles. The lowest BCUT2D eigenvalue weighted by Gasteiger charge is -2.13. The summed E-state index contributed by atoms with van der Waals surface area (Å²) in [5, 5.41) is 3.47. The monoisotopic (exact) mass is 372 g/mol. The lowest BCUT2D eigenvalue weighted by molar-refractivity contribution is -0.137. The fraction of sp³-hybridized carbons (Fsp3) is 0.100. The van der Waals surface area contributed by atoms with Gasteiger partial charge < -0.3 is 10.1 Å². The summed E-state index contributed by atoms with van der Waals surface area (Å²) in [6.45, 7) is 3.69. The molecule has 1 amide bonds. The number of hydrogen-bond donors (Lipinski definition) is 1. The number of carbonyl (C=O) groups is 1. The highest BCUT2D eigenvalue weighted by Gasteiger charge is 2.30. The number of nitrogens with zero attached hydrogens (tertiary/aromatic N) is 1. The minimum Gasteiger partial charge on any atom is -0.455 e. The molecule has 0 unspecified atom stereocenters. The molecule has 0 fully saturated rings. The number of pyridine rings is 1. The maximum atomic E-state index is 12.7. The van der Waals surface area contributed by atoms with Crippen LogP contribution in [0.2, 0.25) is 0 Å². The van der Waals surface area contributed by atoms with Crippen LogP contribution in [-0.4, -0.2) is 10.9 Å². The Kier molecular flexibility index (Phi) is 5.12. The Hall–Kier alpha value is -3.35. The van der Waals surface area contributed by atoms with E-state index in [-0.39, 0.29) is 18.2 Å². The topological polar surface area (TPSA) is 51.2 Å². The molecule has 3 rings (SSSR count). The predicted molar refractivity (Wildman–Crippen MR) is 95.3 cm³/mol. The molecule has 1 aromatic heterocycles. The van der Waals surface area contributed by atoms with E-state index in [1.54, 1.807) is 24.4 Å². The Morgan fingerprint density at radius 1 is 1.15 bits per heavy atom. The van der Waals surface area contributed by atoms with E-state index in [0.717, 1.165) is 23.1 Å². The molecule has 0 radical (unpaired) electrons. The summed E-state index contributed by atoms with van der Waals surface area (Å²) >= 11 is 0. The molecule has 27 heavy (non-hydrogen) atoms. The van der Waals surface area contributed by atoms with Crippen molar-refractivity contribution in [1.29, 1.82) is 0 Å². The van der Waals surface area contributed by atoms with Crippen LogP contribution in [0.3, 0.4) is 0 Å². The second kappa shape index (κ2) is 7.49. The van der Waals surface area contributed by atoms with Crippen LogP contribution in [0.1, 0.15) is 11.1 Å². The van der Waals surface area contributed by atoms with Crippen LogP contribution >= 0.6 is 0 Å². The highest BCUT2D eigenvalue weighted by atomic mass is 19.4. The van der Waals surface area contributed by atoms with Crippen LogP contribution in [0.15, 0.2) is 67.4 Å². The first-order valence-corrected chi connectivity index (χ1v) is 8.00. The maximum Gasteiger partial charge on any atom is 0.416 e. The lowest BCUT2D eigenvalue weighted by Crippen LogP contribution is -2.20. The smallest absolute Gasteiger partial charge is 0.416 e. The van der Waals surface area contributed by atoms with Gasteiger partial charge in [0.05, 0.1) is 5.56 Å². The number of benzene rings is 2. The number of ether oxygens (including phenoxy) is 1. The third-order valence-corrected chi connectivity index (χ3v) is 3.87. The van der Waals surface area contributed by atoms with Crippen LogP contribution in [0.4, 0.5) is 13.2 Å². The van der Waals surface area contributed by atoms with Crippen molar-refractivity contribution >= 4 is 16.8 Å². The van der Waals surface area contributed by atoms with Crippen molar-refractivity contribution in [3.8, 4) is 11.5 Å². The summed E-state index contributed by atoms with van der Waals surface area (Å²) in [6.07, 6.45) is -1.62. The summed E-state index contributed by atoms with van der Waals surface area (Å²) in [4.78, 5) is 15.7. The number of carbonyl (C=O) groups excluding carboxylic acids is 1. The van der Waals surface area contributed by atoms with Gasteiger partial charge in [0.1, 0.15) is 11.3 Å². The van der Waals surface area contributed by atoms with E-state index in [9.17, 15) is 18.0 Å². The summed E-state index contributed by atoms with van der Waals surface area (Å²) in [5.41, 5.74) is 0.627. The fourth-order valence-electron chi connectivity index (χ4n) is 2.54. The fourth-order valence-corrected chi connectivity index (χ4v) is 2.54. The largest absolute Gasteiger partial charge is 0.455 e. The van der Waals surface area contributed by atoms with Crippen molar-refractivity contribution in [3.63, 3.8) is 0 Å². The van der Waals surface area contributed by atoms with Crippen molar-refractivity contribution in [2.45, 2.75) is 12.7 Å². The normalized spacial score (nSPS) is 11.2. The molecule has 0 aliphatic carbocycles. The summed E-state index contributed by atoms with van der Waals surface area (Å²) in [6, 6.07) is 11.5. The first-order chi connectivity index (χ1) is 12.9. The number of alkyl halides is 3. The van der Waals surface area contributed by atoms with E-state index in [1.165, 1.54) is 18.2 Å². The molecular formula is C20H15F3N2O2. The molecule has 0 saturated carbocycles. The van der Waals surface area contributed by atoms with Crippen LogP contribution < -0.4 is 10.1 Å². The van der Waals surface area contributed by atoms with Crippen LogP contribution in [-0.2, 0) is 17.5 Å². The van der Waals surface area contributed by atoms with Crippen LogP contribution in [0, 0.1) is 0 Å². The summed E-state index contributed by atoms with van der Waals surface area (Å²) in [7, 11) is 0. The lowest BCUT2D eigenvalue weighted by atomic mass is 10.1. The molecule has 0 spiro atoms. The second-order valence-corrected chi connectivity index (χ2v) is 5.67. The average Bonchev–Trinajstić information content (AvgIpc) is 2.67. The van der Waals surface area contributed by atoms with Crippen molar-refractivity contribution in [1.82, 2.24) is 10.3 Å². The van der Waals surface area contributed by atoms with Gasteiger partial charge in [0.25, 0.3) is 0 Å². The number of nitrogens with one attached hydrogen (secondary N) is 1. The standard InChI is InChI=1S/C20H15F3N2O2/c1-2-18(26)25-12-13-5-10-17(19-16(13)4-3-11-24-19)27-15-8-6-14(7-9-15)20(21,22)23/h2-11H,1,12H2,(H,25,26). The third-order valence-electron chi connectivity index (χ3n) is 3.87. The van der Waals surface area contributed by atoms with Gasteiger partial charge in [-0.25, -0.2) is 0 Å². The van der Waals surface area contributed by atoms with Gasteiger partial charge in [-0.05, 0) is 48.0 Å². The average molecular weight is 372 g/mol. The van der Waals surface area contributed by atoms with Gasteiger partial charge >= 0.3 is 6.18 Å². The Morgan fingerprint density at radius 3 is 2.56 bits per heavy atom. The minimum absolute atomic E-state index is 0.266. The Bertz CT molecular complexity index is 983. The predicted octanol–water partition coefficient (Wildman–Crippen LogP) is 4.85. The molecule has 0 atom stereocenters. The van der Waals surface area contributed by atoms with Crippen molar-refractivity contribution in [2.75, 3.05) is 0 Å². The van der Waals surface area contributed by atoms with Crippen molar-refractivity contribution < 1.29 is 22.7 Å². The van der Waals surface area contributed by atoms with Gasteiger partial charge in [0.15, 0.2) is 5.75 Å². The highest BCUT2D eigenvalue weighted by Crippen LogP contribution is 2.33. The molecule has 0 aliphatic rings. The van der Waals surface area contributed by atoms with Gasteiger partial charge in [0.2, 0.25) is 5.91 Å². The third kappa shape index (κ3) is 4.25. The van der Waals surface area contributed by atoms with Crippen molar-refractivity contribution in [3.05, 3.63) is 78.5 Å². The first-order valence-electron chi connectivity index (χ1n) is 8.00. The Balaban J connectivity index is 1.89. The SMILES string of the molecule is C=CC(=O)NCc1ccc(Oc2ccc(C(F)(F)F)cc2)c2ncccc12. The minimum atomic E-state index is -4.40. The molecule has 1 N–H and O–H groups in total. The Labute approximate surface area is 153 Å². The van der Waals surface area contributed by atoms with Gasteiger partial charge in [-0.1, -0.05) is 18.7 Å².